The number of nitrogens with zero attached hydrogens (tertiary/aromatic N) is 2. The molecule has 1 spiro atoms. The van der Waals surface area contributed by atoms with Gasteiger partial charge in [0.15, 0.2) is 5.96 Å². The molecule has 6 nitrogen and oxygen atoms in total. The minimum absolute atomic E-state index is 0.0367. The first-order valence-electron chi connectivity index (χ1n) is 10.3. The van der Waals surface area contributed by atoms with Crippen LogP contribution in [0.1, 0.15) is 67.7 Å². The van der Waals surface area contributed by atoms with Crippen LogP contribution in [0, 0.1) is 13.8 Å². The van der Waals surface area contributed by atoms with Crippen molar-refractivity contribution in [3.63, 3.8) is 0 Å². The van der Waals surface area contributed by atoms with Crippen LogP contribution in [-0.2, 0) is 6.54 Å². The fourth-order valence-corrected chi connectivity index (χ4v) is 4.44. The van der Waals surface area contributed by atoms with Crippen molar-refractivity contribution in [1.29, 1.82) is 0 Å². The van der Waals surface area contributed by atoms with E-state index in [0.29, 0.717) is 6.54 Å². The molecule has 2 aromatic rings. The van der Waals surface area contributed by atoms with Crippen molar-refractivity contribution in [2.24, 2.45) is 4.99 Å². The third kappa shape index (κ3) is 3.73. The molecule has 1 fully saturated rings. The summed E-state index contributed by atoms with van der Waals surface area (Å²) in [6.45, 7) is 7.34. The van der Waals surface area contributed by atoms with Crippen molar-refractivity contribution in [3.05, 3.63) is 46.8 Å². The summed E-state index contributed by atoms with van der Waals surface area (Å²) in [6, 6.07) is 8.58. The molecule has 6 heteroatoms. The number of aryl methyl sites for hydroxylation is 2. The fraction of sp³-hybridized carbons (Fsp3) is 0.545. The summed E-state index contributed by atoms with van der Waals surface area (Å²) in [7, 11) is 0. The molecule has 2 heterocycles. The van der Waals surface area contributed by atoms with Gasteiger partial charge in [0.25, 0.3) is 0 Å². The third-order valence-electron chi connectivity index (χ3n) is 5.94. The van der Waals surface area contributed by atoms with Crippen LogP contribution >= 0.6 is 0 Å². The number of fused-ring (bicyclic) bond motifs is 1. The van der Waals surface area contributed by atoms with E-state index in [0.717, 1.165) is 54.5 Å². The molecule has 4 rings (SSSR count). The van der Waals surface area contributed by atoms with E-state index in [-0.39, 0.29) is 11.6 Å². The summed E-state index contributed by atoms with van der Waals surface area (Å²) in [4.78, 5) is 4.81. The lowest BCUT2D eigenvalue weighted by molar-refractivity contribution is 0.0396. The quantitative estimate of drug-likeness (QED) is 0.613. The van der Waals surface area contributed by atoms with Gasteiger partial charge in [-0.05, 0) is 52.5 Å². The lowest BCUT2D eigenvalue weighted by Gasteiger charge is -2.40. The predicted octanol–water partition coefficient (Wildman–Crippen LogP) is 4.18. The average Bonchev–Trinajstić information content (AvgIpc) is 3.26. The minimum atomic E-state index is -0.0367. The van der Waals surface area contributed by atoms with Gasteiger partial charge in [0.05, 0.1) is 18.3 Å². The van der Waals surface area contributed by atoms with Gasteiger partial charge in [-0.3, -0.25) is 0 Å². The highest BCUT2D eigenvalue weighted by molar-refractivity contribution is 5.80. The van der Waals surface area contributed by atoms with Gasteiger partial charge in [-0.15, -0.1) is 0 Å². The van der Waals surface area contributed by atoms with Crippen molar-refractivity contribution in [1.82, 2.24) is 15.8 Å². The monoisotopic (exact) mass is 382 g/mol. The van der Waals surface area contributed by atoms with E-state index in [9.17, 15) is 0 Å². The van der Waals surface area contributed by atoms with Gasteiger partial charge in [-0.1, -0.05) is 23.4 Å². The summed E-state index contributed by atoms with van der Waals surface area (Å²) in [5.41, 5.74) is 3.13. The largest absolute Gasteiger partial charge is 0.487 e. The van der Waals surface area contributed by atoms with E-state index in [1.807, 2.05) is 13.8 Å². The Labute approximate surface area is 166 Å². The number of hydrogen-bond donors (Lipinski definition) is 2. The first kappa shape index (κ1) is 18.8. The van der Waals surface area contributed by atoms with Crippen molar-refractivity contribution < 1.29 is 9.26 Å². The number of ether oxygens (including phenoxy) is 1. The highest BCUT2D eigenvalue weighted by Gasteiger charge is 2.43. The molecule has 1 aliphatic heterocycles. The van der Waals surface area contributed by atoms with Crippen LogP contribution in [-0.4, -0.2) is 23.3 Å². The Balaban J connectivity index is 1.58. The average molecular weight is 383 g/mol. The SMILES string of the molecule is CCNC(=NCc1c(C)noc1C)NC1CC2(CCCC2)Oc2ccccc21. The van der Waals surface area contributed by atoms with E-state index in [1.54, 1.807) is 0 Å². The maximum absolute atomic E-state index is 6.48. The molecule has 0 bridgehead atoms. The van der Waals surface area contributed by atoms with Gasteiger partial charge in [0.2, 0.25) is 0 Å². The predicted molar refractivity (Wildman–Crippen MR) is 110 cm³/mol. The first-order chi connectivity index (χ1) is 13.6. The molecule has 1 aliphatic carbocycles. The van der Waals surface area contributed by atoms with Crippen LogP contribution < -0.4 is 15.4 Å². The zero-order valence-corrected chi connectivity index (χ0v) is 17.0. The molecule has 1 saturated carbocycles. The summed E-state index contributed by atoms with van der Waals surface area (Å²) < 4.78 is 11.8. The Morgan fingerprint density at radius 2 is 2.04 bits per heavy atom. The normalized spacial score (nSPS) is 20.7. The highest BCUT2D eigenvalue weighted by atomic mass is 16.5. The Hall–Kier alpha value is -2.50. The molecule has 1 aromatic heterocycles. The van der Waals surface area contributed by atoms with Crippen molar-refractivity contribution in [2.75, 3.05) is 6.54 Å². The van der Waals surface area contributed by atoms with Crippen molar-refractivity contribution in [2.45, 2.75) is 71.1 Å². The number of benzene rings is 1. The van der Waals surface area contributed by atoms with Gasteiger partial charge in [0.1, 0.15) is 17.1 Å². The number of aliphatic imine (C=N–C) groups is 1. The topological polar surface area (TPSA) is 71.7 Å². The molecule has 1 atom stereocenters. The number of hydrogen-bond acceptors (Lipinski definition) is 4. The van der Waals surface area contributed by atoms with Crippen LogP contribution in [0.2, 0.25) is 0 Å². The molecule has 0 radical (unpaired) electrons. The van der Waals surface area contributed by atoms with E-state index in [4.69, 9.17) is 14.3 Å². The Morgan fingerprint density at radius 1 is 1.25 bits per heavy atom. The maximum Gasteiger partial charge on any atom is 0.192 e. The summed E-state index contributed by atoms with van der Waals surface area (Å²) >= 11 is 0. The van der Waals surface area contributed by atoms with Crippen LogP contribution in [0.4, 0.5) is 0 Å². The standard InChI is InChI=1S/C22H30N4O2/c1-4-23-21(24-14-18-15(2)26-28-16(18)3)25-19-13-22(11-7-8-12-22)27-20-10-6-5-9-17(19)20/h5-6,9-10,19H,4,7-8,11-14H2,1-3H3,(H2,23,24,25). The zero-order chi connectivity index (χ0) is 19.6. The second kappa shape index (κ2) is 7.86. The van der Waals surface area contributed by atoms with Crippen molar-refractivity contribution in [3.8, 4) is 5.75 Å². The van der Waals surface area contributed by atoms with Gasteiger partial charge in [-0.25, -0.2) is 4.99 Å². The van der Waals surface area contributed by atoms with Gasteiger partial charge in [0, 0.05) is 24.1 Å². The molecule has 2 N–H and O–H groups in total. The zero-order valence-electron chi connectivity index (χ0n) is 17.0. The molecule has 1 unspecified atom stereocenters. The maximum atomic E-state index is 6.48. The number of guanidine groups is 1. The molecular weight excluding hydrogens is 352 g/mol. The second-order valence-electron chi connectivity index (χ2n) is 7.93. The lowest BCUT2D eigenvalue weighted by atomic mass is 9.86. The summed E-state index contributed by atoms with van der Waals surface area (Å²) in [5, 5.41) is 11.1. The Morgan fingerprint density at radius 3 is 2.75 bits per heavy atom. The molecule has 0 saturated heterocycles. The third-order valence-corrected chi connectivity index (χ3v) is 5.94. The van der Waals surface area contributed by atoms with Gasteiger partial charge in [-0.2, -0.15) is 0 Å². The highest BCUT2D eigenvalue weighted by Crippen LogP contribution is 2.46. The van der Waals surface area contributed by atoms with Gasteiger partial charge < -0.3 is 19.9 Å². The van der Waals surface area contributed by atoms with E-state index in [2.05, 4.69) is 47.0 Å². The second-order valence-corrected chi connectivity index (χ2v) is 7.93. The lowest BCUT2D eigenvalue weighted by Crippen LogP contribution is -2.46. The van der Waals surface area contributed by atoms with E-state index >= 15 is 0 Å². The molecule has 1 aromatic carbocycles. The van der Waals surface area contributed by atoms with Gasteiger partial charge >= 0.3 is 0 Å². The number of para-hydroxylation sites is 1. The number of aromatic nitrogens is 1. The van der Waals surface area contributed by atoms with Crippen LogP contribution in [0.5, 0.6) is 5.75 Å². The van der Waals surface area contributed by atoms with Crippen LogP contribution in [0.3, 0.4) is 0 Å². The molecule has 2 aliphatic rings. The minimum Gasteiger partial charge on any atom is -0.487 e. The van der Waals surface area contributed by atoms with Crippen LogP contribution in [0.25, 0.3) is 0 Å². The van der Waals surface area contributed by atoms with Crippen LogP contribution in [0.15, 0.2) is 33.8 Å². The van der Waals surface area contributed by atoms with Crippen molar-refractivity contribution >= 4 is 5.96 Å². The fourth-order valence-electron chi connectivity index (χ4n) is 4.44. The first-order valence-corrected chi connectivity index (χ1v) is 10.3. The Bertz CT molecular complexity index is 832. The smallest absolute Gasteiger partial charge is 0.192 e. The summed E-state index contributed by atoms with van der Waals surface area (Å²) in [5.74, 6) is 2.66. The summed E-state index contributed by atoms with van der Waals surface area (Å²) in [6.07, 6.45) is 5.72. The molecule has 150 valence electrons. The number of rotatable bonds is 4. The molecule has 28 heavy (non-hydrogen) atoms. The molecular formula is C22H30N4O2. The Kier molecular flexibility index (Phi) is 5.29. The van der Waals surface area contributed by atoms with E-state index < -0.39 is 0 Å². The van der Waals surface area contributed by atoms with E-state index in [1.165, 1.54) is 18.4 Å². The molecule has 0 amide bonds. The number of nitrogens with one attached hydrogen (secondary N) is 2.